The lowest BCUT2D eigenvalue weighted by Gasteiger charge is -2.05. The van der Waals surface area contributed by atoms with Crippen LogP contribution >= 0.6 is 0 Å². The summed E-state index contributed by atoms with van der Waals surface area (Å²) in [6.07, 6.45) is 11.9. The SMILES string of the molecule is C=CC(=O)Nc1ccc(/C=C/c2cc(-c3cnn(C)c3)cn3ncc(C#N)c23)nn1. The van der Waals surface area contributed by atoms with E-state index in [2.05, 4.69) is 38.4 Å². The molecular formula is C21H16N8O. The Morgan fingerprint density at radius 3 is 2.70 bits per heavy atom. The van der Waals surface area contributed by atoms with Crippen LogP contribution in [-0.4, -0.2) is 35.5 Å². The smallest absolute Gasteiger partial charge is 0.248 e. The molecule has 0 aliphatic heterocycles. The number of nitrogens with zero attached hydrogens (tertiary/aromatic N) is 7. The fraction of sp³-hybridized carbons (Fsp3) is 0.0476. The van der Waals surface area contributed by atoms with Gasteiger partial charge in [-0.25, -0.2) is 4.52 Å². The highest BCUT2D eigenvalue weighted by Gasteiger charge is 2.11. The van der Waals surface area contributed by atoms with Gasteiger partial charge in [0.15, 0.2) is 5.82 Å². The second kappa shape index (κ2) is 7.81. The van der Waals surface area contributed by atoms with Crippen molar-refractivity contribution in [2.24, 2.45) is 7.05 Å². The highest BCUT2D eigenvalue weighted by atomic mass is 16.1. The van der Waals surface area contributed by atoms with E-state index in [1.807, 2.05) is 31.6 Å². The Morgan fingerprint density at radius 1 is 1.17 bits per heavy atom. The zero-order valence-electron chi connectivity index (χ0n) is 16.0. The Morgan fingerprint density at radius 2 is 2.03 bits per heavy atom. The summed E-state index contributed by atoms with van der Waals surface area (Å²) in [5.74, 6) is -0.0208. The minimum atomic E-state index is -0.355. The van der Waals surface area contributed by atoms with Crippen LogP contribution in [0.1, 0.15) is 16.8 Å². The van der Waals surface area contributed by atoms with Crippen LogP contribution in [0.25, 0.3) is 28.8 Å². The number of fused-ring (bicyclic) bond motifs is 1. The number of nitrogens with one attached hydrogen (secondary N) is 1. The van der Waals surface area contributed by atoms with Crippen LogP contribution in [0, 0.1) is 11.3 Å². The van der Waals surface area contributed by atoms with E-state index in [9.17, 15) is 10.1 Å². The van der Waals surface area contributed by atoms with Gasteiger partial charge in [0.25, 0.3) is 0 Å². The van der Waals surface area contributed by atoms with E-state index in [4.69, 9.17) is 0 Å². The molecule has 9 nitrogen and oxygen atoms in total. The first-order valence-electron chi connectivity index (χ1n) is 8.93. The normalized spacial score (nSPS) is 10.9. The molecule has 0 aliphatic rings. The predicted molar refractivity (Wildman–Crippen MR) is 112 cm³/mol. The summed E-state index contributed by atoms with van der Waals surface area (Å²) in [6.45, 7) is 3.40. The van der Waals surface area contributed by atoms with E-state index >= 15 is 0 Å². The molecule has 0 aromatic carbocycles. The van der Waals surface area contributed by atoms with Gasteiger partial charge in [-0.05, 0) is 30.4 Å². The van der Waals surface area contributed by atoms with Gasteiger partial charge in [-0.3, -0.25) is 9.48 Å². The lowest BCUT2D eigenvalue weighted by atomic mass is 10.1. The molecule has 9 heteroatoms. The molecular weight excluding hydrogens is 380 g/mol. The van der Waals surface area contributed by atoms with Crippen molar-refractivity contribution >= 4 is 29.4 Å². The van der Waals surface area contributed by atoms with Crippen molar-refractivity contribution in [3.63, 3.8) is 0 Å². The molecule has 146 valence electrons. The summed E-state index contributed by atoms with van der Waals surface area (Å²) in [6, 6.07) is 7.52. The van der Waals surface area contributed by atoms with Crippen LogP contribution in [0.2, 0.25) is 0 Å². The van der Waals surface area contributed by atoms with Gasteiger partial charge in [0.2, 0.25) is 5.91 Å². The van der Waals surface area contributed by atoms with Gasteiger partial charge in [0, 0.05) is 36.1 Å². The molecule has 0 radical (unpaired) electrons. The quantitative estimate of drug-likeness (QED) is 0.519. The van der Waals surface area contributed by atoms with Crippen molar-refractivity contribution in [1.82, 2.24) is 29.6 Å². The molecule has 1 amide bonds. The van der Waals surface area contributed by atoms with Crippen LogP contribution in [-0.2, 0) is 11.8 Å². The maximum Gasteiger partial charge on any atom is 0.248 e. The second-order valence-corrected chi connectivity index (χ2v) is 6.42. The van der Waals surface area contributed by atoms with Gasteiger partial charge in [0.05, 0.1) is 29.2 Å². The Labute approximate surface area is 171 Å². The molecule has 30 heavy (non-hydrogen) atoms. The average Bonchev–Trinajstić information content (AvgIpc) is 3.38. The molecule has 0 fully saturated rings. The fourth-order valence-corrected chi connectivity index (χ4v) is 2.94. The number of carbonyl (C=O) groups is 1. The number of amides is 1. The minimum absolute atomic E-state index is 0.334. The van der Waals surface area contributed by atoms with Crippen LogP contribution in [0.5, 0.6) is 0 Å². The molecule has 0 unspecified atom stereocenters. The van der Waals surface area contributed by atoms with Gasteiger partial charge in [-0.15, -0.1) is 10.2 Å². The first-order chi connectivity index (χ1) is 14.6. The van der Waals surface area contributed by atoms with E-state index in [1.165, 1.54) is 6.20 Å². The highest BCUT2D eigenvalue weighted by Crippen LogP contribution is 2.26. The van der Waals surface area contributed by atoms with Crippen LogP contribution in [0.3, 0.4) is 0 Å². The third kappa shape index (κ3) is 3.70. The summed E-state index contributed by atoms with van der Waals surface area (Å²) < 4.78 is 3.40. The first kappa shape index (κ1) is 18.8. The first-order valence-corrected chi connectivity index (χ1v) is 8.93. The Kier molecular flexibility index (Phi) is 4.88. The zero-order chi connectivity index (χ0) is 21.1. The van der Waals surface area contributed by atoms with Gasteiger partial charge in [-0.1, -0.05) is 12.7 Å². The molecule has 0 bridgehead atoms. The minimum Gasteiger partial charge on any atom is -0.306 e. The zero-order valence-corrected chi connectivity index (χ0v) is 16.0. The summed E-state index contributed by atoms with van der Waals surface area (Å²) in [5.41, 5.74) is 4.41. The third-order valence-corrected chi connectivity index (χ3v) is 4.36. The number of rotatable bonds is 5. The number of carbonyl (C=O) groups excluding carboxylic acids is 1. The number of nitriles is 1. The number of aryl methyl sites for hydroxylation is 1. The van der Waals surface area contributed by atoms with Gasteiger partial charge < -0.3 is 5.32 Å². The summed E-state index contributed by atoms with van der Waals surface area (Å²) >= 11 is 0. The van der Waals surface area contributed by atoms with Crippen molar-refractivity contribution in [3.05, 3.63) is 72.5 Å². The maximum atomic E-state index is 11.3. The monoisotopic (exact) mass is 396 g/mol. The fourth-order valence-electron chi connectivity index (χ4n) is 2.94. The molecule has 4 aromatic heterocycles. The molecule has 0 saturated heterocycles. The van der Waals surface area contributed by atoms with E-state index in [0.717, 1.165) is 22.8 Å². The maximum absolute atomic E-state index is 11.3. The molecule has 4 heterocycles. The number of hydrogen-bond acceptors (Lipinski definition) is 6. The van der Waals surface area contributed by atoms with Crippen molar-refractivity contribution in [2.75, 3.05) is 5.32 Å². The number of aromatic nitrogens is 6. The standard InChI is InChI=1S/C21H16N8O/c1-3-20(30)25-19-7-6-18(26-27-19)5-4-14-8-15(17-11-23-28(2)12-17)13-29-21(14)16(9-22)10-24-29/h3-8,10-13H,1H2,2H3,(H,25,27,30)/b5-4+. The summed E-state index contributed by atoms with van der Waals surface area (Å²) in [7, 11) is 1.85. The lowest BCUT2D eigenvalue weighted by Crippen LogP contribution is -2.09. The van der Waals surface area contributed by atoms with Crippen molar-refractivity contribution in [1.29, 1.82) is 5.26 Å². The van der Waals surface area contributed by atoms with E-state index in [0.29, 0.717) is 22.6 Å². The third-order valence-electron chi connectivity index (χ3n) is 4.36. The summed E-state index contributed by atoms with van der Waals surface area (Å²) in [4.78, 5) is 11.3. The van der Waals surface area contributed by atoms with Crippen LogP contribution in [0.4, 0.5) is 5.82 Å². The van der Waals surface area contributed by atoms with Crippen LogP contribution in [0.15, 0.2) is 55.6 Å². The Bertz CT molecular complexity index is 1320. The number of hydrogen-bond donors (Lipinski definition) is 1. The lowest BCUT2D eigenvalue weighted by molar-refractivity contribution is -0.111. The predicted octanol–water partition coefficient (Wildman–Crippen LogP) is 2.69. The largest absolute Gasteiger partial charge is 0.306 e. The molecule has 4 rings (SSSR count). The van der Waals surface area contributed by atoms with Crippen LogP contribution < -0.4 is 5.32 Å². The Hall–Kier alpha value is -4.58. The Balaban J connectivity index is 1.72. The highest BCUT2D eigenvalue weighted by molar-refractivity contribution is 5.98. The van der Waals surface area contributed by atoms with Crippen molar-refractivity contribution in [3.8, 4) is 17.2 Å². The van der Waals surface area contributed by atoms with Crippen molar-refractivity contribution < 1.29 is 4.79 Å². The molecule has 0 saturated carbocycles. The van der Waals surface area contributed by atoms with Gasteiger partial charge in [-0.2, -0.15) is 15.5 Å². The second-order valence-electron chi connectivity index (χ2n) is 6.42. The van der Waals surface area contributed by atoms with E-state index in [1.54, 1.807) is 33.6 Å². The molecule has 1 N–H and O–H groups in total. The molecule has 0 atom stereocenters. The molecule has 4 aromatic rings. The average molecular weight is 396 g/mol. The van der Waals surface area contributed by atoms with Crippen molar-refractivity contribution in [2.45, 2.75) is 0 Å². The molecule has 0 spiro atoms. The number of pyridine rings is 1. The molecule has 0 aliphatic carbocycles. The topological polar surface area (TPSA) is 114 Å². The summed E-state index contributed by atoms with van der Waals surface area (Å²) in [5, 5.41) is 28.6. The van der Waals surface area contributed by atoms with Gasteiger partial charge in [0.1, 0.15) is 6.07 Å². The van der Waals surface area contributed by atoms with E-state index in [-0.39, 0.29) is 5.91 Å². The van der Waals surface area contributed by atoms with E-state index < -0.39 is 0 Å². The van der Waals surface area contributed by atoms with Gasteiger partial charge >= 0.3 is 0 Å². The number of anilines is 1.